The number of benzene rings is 2. The van der Waals surface area contributed by atoms with Crippen LogP contribution >= 0.6 is 11.6 Å². The van der Waals surface area contributed by atoms with Crippen molar-refractivity contribution in [3.8, 4) is 0 Å². The topological polar surface area (TPSA) is 23.6 Å². The number of amides is 1. The van der Waals surface area contributed by atoms with E-state index in [0.717, 1.165) is 5.56 Å². The minimum absolute atomic E-state index is 0.158. The van der Waals surface area contributed by atoms with E-state index in [4.69, 9.17) is 11.6 Å². The molecule has 0 N–H and O–H groups in total. The largest absolute Gasteiger partial charge is 0.336 e. The number of piperazine rings is 1. The summed E-state index contributed by atoms with van der Waals surface area (Å²) in [4.78, 5) is 16.3. The van der Waals surface area contributed by atoms with Crippen LogP contribution in [0.2, 0.25) is 5.02 Å². The van der Waals surface area contributed by atoms with Crippen LogP contribution in [0.4, 0.5) is 8.78 Å². The molecule has 6 heteroatoms. The Bertz CT molecular complexity index is 746. The van der Waals surface area contributed by atoms with Crippen molar-refractivity contribution in [2.45, 2.75) is 6.54 Å². The molecule has 0 unspecified atom stereocenters. The van der Waals surface area contributed by atoms with Gasteiger partial charge in [-0.25, -0.2) is 8.78 Å². The van der Waals surface area contributed by atoms with Gasteiger partial charge >= 0.3 is 0 Å². The summed E-state index contributed by atoms with van der Waals surface area (Å²) in [5, 5.41) is 0.410. The Morgan fingerprint density at radius 1 is 1.00 bits per heavy atom. The van der Waals surface area contributed by atoms with E-state index in [2.05, 4.69) is 4.90 Å². The fourth-order valence-corrected chi connectivity index (χ4v) is 3.03. The van der Waals surface area contributed by atoms with Gasteiger partial charge in [-0.2, -0.15) is 0 Å². The highest BCUT2D eigenvalue weighted by Crippen LogP contribution is 2.20. The molecule has 3 rings (SSSR count). The first kappa shape index (κ1) is 16.9. The third-order valence-electron chi connectivity index (χ3n) is 4.14. The molecule has 3 nitrogen and oxygen atoms in total. The van der Waals surface area contributed by atoms with E-state index < -0.39 is 5.82 Å². The highest BCUT2D eigenvalue weighted by atomic mass is 35.5. The standard InChI is InChI=1S/C18H17ClF2N2O/c19-17-11-16(21)5-4-14(17)12-22-6-8-23(9-7-22)18(24)13-2-1-3-15(20)10-13/h1-5,10-11H,6-9,12H2. The highest BCUT2D eigenvalue weighted by molar-refractivity contribution is 6.31. The van der Waals surface area contributed by atoms with Gasteiger partial charge in [0.1, 0.15) is 11.6 Å². The smallest absolute Gasteiger partial charge is 0.254 e. The summed E-state index contributed by atoms with van der Waals surface area (Å²) >= 11 is 6.06. The Hall–Kier alpha value is -1.98. The maximum Gasteiger partial charge on any atom is 0.254 e. The zero-order valence-corrected chi connectivity index (χ0v) is 13.8. The van der Waals surface area contributed by atoms with E-state index in [1.165, 1.54) is 30.3 Å². The van der Waals surface area contributed by atoms with Crippen LogP contribution in [0.15, 0.2) is 42.5 Å². The maximum atomic E-state index is 13.2. The summed E-state index contributed by atoms with van der Waals surface area (Å²) in [5.41, 5.74) is 1.23. The Balaban J connectivity index is 1.58. The minimum atomic E-state index is -0.412. The van der Waals surface area contributed by atoms with Crippen molar-refractivity contribution in [3.05, 3.63) is 70.2 Å². The first-order chi connectivity index (χ1) is 11.5. The molecule has 1 heterocycles. The number of halogens is 3. The Labute approximate surface area is 144 Å². The molecule has 0 bridgehead atoms. The molecule has 0 saturated carbocycles. The lowest BCUT2D eigenvalue weighted by molar-refractivity contribution is 0.0628. The lowest BCUT2D eigenvalue weighted by Gasteiger charge is -2.35. The number of hydrogen-bond donors (Lipinski definition) is 0. The summed E-state index contributed by atoms with van der Waals surface area (Å²) in [5.74, 6) is -0.923. The molecule has 1 fully saturated rings. The zero-order valence-electron chi connectivity index (χ0n) is 13.0. The average molecular weight is 351 g/mol. The Kier molecular flexibility index (Phi) is 5.11. The van der Waals surface area contributed by atoms with Crippen LogP contribution in [0.3, 0.4) is 0 Å². The minimum Gasteiger partial charge on any atom is -0.336 e. The van der Waals surface area contributed by atoms with Crippen LogP contribution in [-0.4, -0.2) is 41.9 Å². The van der Waals surface area contributed by atoms with Crippen molar-refractivity contribution in [2.75, 3.05) is 26.2 Å². The predicted molar refractivity (Wildman–Crippen MR) is 89.0 cm³/mol. The third-order valence-corrected chi connectivity index (χ3v) is 4.49. The van der Waals surface area contributed by atoms with Gasteiger partial charge < -0.3 is 4.90 Å². The second-order valence-corrected chi connectivity index (χ2v) is 6.22. The van der Waals surface area contributed by atoms with Crippen molar-refractivity contribution >= 4 is 17.5 Å². The van der Waals surface area contributed by atoms with Gasteiger partial charge in [0.05, 0.1) is 0 Å². The van der Waals surface area contributed by atoms with Crippen molar-refractivity contribution in [1.29, 1.82) is 0 Å². The second kappa shape index (κ2) is 7.28. The first-order valence-electron chi connectivity index (χ1n) is 7.74. The monoisotopic (exact) mass is 350 g/mol. The molecular formula is C18H17ClF2N2O. The lowest BCUT2D eigenvalue weighted by Crippen LogP contribution is -2.48. The van der Waals surface area contributed by atoms with Gasteiger partial charge in [0.25, 0.3) is 5.91 Å². The van der Waals surface area contributed by atoms with Crippen LogP contribution in [0.1, 0.15) is 15.9 Å². The summed E-state index contributed by atoms with van der Waals surface area (Å²) < 4.78 is 26.3. The number of hydrogen-bond acceptors (Lipinski definition) is 2. The van der Waals surface area contributed by atoms with E-state index in [9.17, 15) is 13.6 Å². The van der Waals surface area contributed by atoms with Gasteiger partial charge in [-0.1, -0.05) is 23.7 Å². The molecule has 0 atom stereocenters. The van der Waals surface area contributed by atoms with Crippen molar-refractivity contribution < 1.29 is 13.6 Å². The summed E-state index contributed by atoms with van der Waals surface area (Å²) in [6.07, 6.45) is 0. The summed E-state index contributed by atoms with van der Waals surface area (Å²) in [6.45, 7) is 3.12. The molecule has 24 heavy (non-hydrogen) atoms. The number of rotatable bonds is 3. The molecule has 1 saturated heterocycles. The fourth-order valence-electron chi connectivity index (χ4n) is 2.80. The maximum absolute atomic E-state index is 13.2. The molecule has 0 radical (unpaired) electrons. The van der Waals surface area contributed by atoms with Gasteiger partial charge in [0.2, 0.25) is 0 Å². The van der Waals surface area contributed by atoms with E-state index in [1.807, 2.05) is 0 Å². The summed E-state index contributed by atoms with van der Waals surface area (Å²) in [7, 11) is 0. The third kappa shape index (κ3) is 3.91. The number of carbonyl (C=O) groups is 1. The lowest BCUT2D eigenvalue weighted by atomic mass is 10.1. The predicted octanol–water partition coefficient (Wildman–Crippen LogP) is 3.58. The molecule has 0 aliphatic carbocycles. The molecule has 1 aliphatic rings. The van der Waals surface area contributed by atoms with Crippen molar-refractivity contribution in [2.24, 2.45) is 0 Å². The average Bonchev–Trinajstić information content (AvgIpc) is 2.57. The highest BCUT2D eigenvalue weighted by Gasteiger charge is 2.22. The van der Waals surface area contributed by atoms with Crippen molar-refractivity contribution in [3.63, 3.8) is 0 Å². The van der Waals surface area contributed by atoms with E-state index in [0.29, 0.717) is 43.3 Å². The Morgan fingerprint density at radius 2 is 1.71 bits per heavy atom. The van der Waals surface area contributed by atoms with E-state index in [1.54, 1.807) is 17.0 Å². The second-order valence-electron chi connectivity index (χ2n) is 5.81. The summed E-state index contributed by atoms with van der Waals surface area (Å²) in [6, 6.07) is 10.1. The molecule has 0 spiro atoms. The number of carbonyl (C=O) groups excluding carboxylic acids is 1. The van der Waals surface area contributed by atoms with Gasteiger partial charge in [0.15, 0.2) is 0 Å². The fraction of sp³-hybridized carbons (Fsp3) is 0.278. The SMILES string of the molecule is O=C(c1cccc(F)c1)N1CCN(Cc2ccc(F)cc2Cl)CC1. The van der Waals surface area contributed by atoms with E-state index >= 15 is 0 Å². The quantitative estimate of drug-likeness (QED) is 0.844. The van der Waals surface area contributed by atoms with Crippen LogP contribution < -0.4 is 0 Å². The molecular weight excluding hydrogens is 334 g/mol. The molecule has 1 amide bonds. The van der Waals surface area contributed by atoms with Gasteiger partial charge in [-0.3, -0.25) is 9.69 Å². The van der Waals surface area contributed by atoms with Gasteiger partial charge in [-0.15, -0.1) is 0 Å². The zero-order chi connectivity index (χ0) is 17.1. The van der Waals surface area contributed by atoms with Crippen LogP contribution in [-0.2, 0) is 6.54 Å². The molecule has 0 aromatic heterocycles. The normalized spacial score (nSPS) is 15.5. The van der Waals surface area contributed by atoms with Crippen molar-refractivity contribution in [1.82, 2.24) is 9.80 Å². The van der Waals surface area contributed by atoms with Gasteiger partial charge in [0, 0.05) is 43.3 Å². The van der Waals surface area contributed by atoms with Gasteiger partial charge in [-0.05, 0) is 35.9 Å². The van der Waals surface area contributed by atoms with Crippen LogP contribution in [0, 0.1) is 11.6 Å². The number of nitrogens with zero attached hydrogens (tertiary/aromatic N) is 2. The van der Waals surface area contributed by atoms with Crippen LogP contribution in [0.5, 0.6) is 0 Å². The first-order valence-corrected chi connectivity index (χ1v) is 8.12. The Morgan fingerprint density at radius 3 is 2.38 bits per heavy atom. The van der Waals surface area contributed by atoms with E-state index in [-0.39, 0.29) is 11.7 Å². The molecule has 2 aromatic rings. The molecule has 126 valence electrons. The molecule has 2 aromatic carbocycles. The van der Waals surface area contributed by atoms with Crippen LogP contribution in [0.25, 0.3) is 0 Å². The molecule has 1 aliphatic heterocycles.